The molecule has 0 bridgehead atoms. The summed E-state index contributed by atoms with van der Waals surface area (Å²) in [5, 5.41) is 13.2. The molecule has 0 N–H and O–H groups in total. The minimum absolute atomic E-state index is 0.0629. The highest BCUT2D eigenvalue weighted by molar-refractivity contribution is 7.98. The summed E-state index contributed by atoms with van der Waals surface area (Å²) in [6.07, 6.45) is 0.944. The van der Waals surface area contributed by atoms with Crippen molar-refractivity contribution in [3.8, 4) is 5.75 Å². The Balaban J connectivity index is 1.70. The van der Waals surface area contributed by atoms with Gasteiger partial charge in [0.25, 0.3) is 5.56 Å². The molecule has 0 spiro atoms. The van der Waals surface area contributed by atoms with E-state index in [1.165, 1.54) is 11.8 Å². The first-order valence-electron chi connectivity index (χ1n) is 9.70. The van der Waals surface area contributed by atoms with Gasteiger partial charge in [-0.1, -0.05) is 43.0 Å². The number of hydrogen-bond acceptors (Lipinski definition) is 7. The summed E-state index contributed by atoms with van der Waals surface area (Å²) in [5.74, 6) is 2.07. The van der Waals surface area contributed by atoms with Gasteiger partial charge in [-0.15, -0.1) is 5.10 Å². The van der Waals surface area contributed by atoms with Crippen LogP contribution in [-0.4, -0.2) is 36.9 Å². The monoisotopic (exact) mass is 422 g/mol. The van der Waals surface area contributed by atoms with Crippen LogP contribution in [0.1, 0.15) is 24.7 Å². The maximum atomic E-state index is 13.2. The highest BCUT2D eigenvalue weighted by Gasteiger charge is 2.14. The molecule has 8 nitrogen and oxygen atoms in total. The summed E-state index contributed by atoms with van der Waals surface area (Å²) in [7, 11) is 1.63. The van der Waals surface area contributed by atoms with Crippen molar-refractivity contribution in [2.45, 2.75) is 37.3 Å². The number of hydrogen-bond donors (Lipinski definition) is 0. The highest BCUT2D eigenvalue weighted by atomic mass is 32.2. The third-order valence-corrected chi connectivity index (χ3v) is 5.67. The van der Waals surface area contributed by atoms with Crippen molar-refractivity contribution in [3.63, 3.8) is 0 Å². The lowest BCUT2D eigenvalue weighted by molar-refractivity contribution is 0.414. The molecule has 0 atom stereocenters. The molecule has 0 aliphatic heterocycles. The second-order valence-corrected chi connectivity index (χ2v) is 7.70. The van der Waals surface area contributed by atoms with Crippen LogP contribution < -0.4 is 10.3 Å². The SMILES string of the molecule is CCCn1nnnc1CSc1nc2ccccc2c(=O)n1Cc1ccc(OC)cc1. The van der Waals surface area contributed by atoms with Crippen LogP contribution in [0.4, 0.5) is 0 Å². The predicted molar refractivity (Wildman–Crippen MR) is 116 cm³/mol. The van der Waals surface area contributed by atoms with Gasteiger partial charge in [0, 0.05) is 6.54 Å². The molecule has 0 saturated heterocycles. The van der Waals surface area contributed by atoms with Gasteiger partial charge in [-0.3, -0.25) is 9.36 Å². The molecule has 4 aromatic rings. The summed E-state index contributed by atoms with van der Waals surface area (Å²) in [6.45, 7) is 3.26. The van der Waals surface area contributed by atoms with E-state index in [0.717, 1.165) is 30.1 Å². The van der Waals surface area contributed by atoms with E-state index in [-0.39, 0.29) is 5.56 Å². The molecule has 0 fully saturated rings. The largest absolute Gasteiger partial charge is 0.497 e. The van der Waals surface area contributed by atoms with Crippen LogP contribution in [0, 0.1) is 0 Å². The number of methoxy groups -OCH3 is 1. The molecule has 4 rings (SSSR count). The summed E-state index contributed by atoms with van der Waals surface area (Å²) in [6, 6.07) is 15.1. The van der Waals surface area contributed by atoms with Crippen molar-refractivity contribution < 1.29 is 4.74 Å². The molecule has 0 aliphatic carbocycles. The van der Waals surface area contributed by atoms with Crippen molar-refractivity contribution in [1.29, 1.82) is 0 Å². The normalized spacial score (nSPS) is 11.1. The molecule has 2 aromatic carbocycles. The maximum Gasteiger partial charge on any atom is 0.262 e. The second kappa shape index (κ2) is 9.08. The summed E-state index contributed by atoms with van der Waals surface area (Å²) in [4.78, 5) is 18.0. The first-order chi connectivity index (χ1) is 14.7. The Labute approximate surface area is 177 Å². The van der Waals surface area contributed by atoms with E-state index in [9.17, 15) is 4.79 Å². The Bertz CT molecular complexity index is 1200. The number of nitrogens with zero attached hydrogens (tertiary/aromatic N) is 6. The van der Waals surface area contributed by atoms with E-state index in [0.29, 0.717) is 28.4 Å². The average molecular weight is 423 g/mol. The van der Waals surface area contributed by atoms with Crippen molar-refractivity contribution in [2.75, 3.05) is 7.11 Å². The standard InChI is InChI=1S/C21H22N6O2S/c1-3-12-27-19(23-24-25-27)14-30-21-22-18-7-5-4-6-17(18)20(28)26(21)13-15-8-10-16(29-2)11-9-15/h4-11H,3,12-14H2,1-2H3. The third-order valence-electron chi connectivity index (χ3n) is 4.70. The molecular weight excluding hydrogens is 400 g/mol. The van der Waals surface area contributed by atoms with Crippen molar-refractivity contribution in [1.82, 2.24) is 29.8 Å². The van der Waals surface area contributed by atoms with Crippen molar-refractivity contribution in [3.05, 3.63) is 70.3 Å². The molecule has 0 saturated carbocycles. The lowest BCUT2D eigenvalue weighted by Gasteiger charge is -2.13. The minimum atomic E-state index is -0.0629. The Hall–Kier alpha value is -3.20. The van der Waals surface area contributed by atoms with Gasteiger partial charge in [-0.25, -0.2) is 9.67 Å². The summed E-state index contributed by atoms with van der Waals surface area (Å²) in [5.41, 5.74) is 1.61. The number of aryl methyl sites for hydroxylation is 1. The fraction of sp³-hybridized carbons (Fsp3) is 0.286. The molecule has 2 heterocycles. The Kier molecular flexibility index (Phi) is 6.08. The van der Waals surface area contributed by atoms with Gasteiger partial charge >= 0.3 is 0 Å². The second-order valence-electron chi connectivity index (χ2n) is 6.76. The lowest BCUT2D eigenvalue weighted by atomic mass is 10.2. The molecular formula is C21H22N6O2S. The molecule has 2 aromatic heterocycles. The van der Waals surface area contributed by atoms with Gasteiger partial charge in [0.05, 0.1) is 30.3 Å². The highest BCUT2D eigenvalue weighted by Crippen LogP contribution is 2.22. The van der Waals surface area contributed by atoms with E-state index < -0.39 is 0 Å². The van der Waals surface area contributed by atoms with Crippen molar-refractivity contribution >= 4 is 22.7 Å². The van der Waals surface area contributed by atoms with Crippen LogP contribution in [0.5, 0.6) is 5.75 Å². The fourth-order valence-corrected chi connectivity index (χ4v) is 4.08. The van der Waals surface area contributed by atoms with Gasteiger partial charge in [-0.2, -0.15) is 0 Å². The smallest absolute Gasteiger partial charge is 0.262 e. The number of fused-ring (bicyclic) bond motifs is 1. The van der Waals surface area contributed by atoms with Gasteiger partial charge in [0.2, 0.25) is 0 Å². The molecule has 30 heavy (non-hydrogen) atoms. The maximum absolute atomic E-state index is 13.2. The number of aromatic nitrogens is 6. The molecule has 0 aliphatic rings. The third kappa shape index (κ3) is 4.20. The number of thioether (sulfide) groups is 1. The van der Waals surface area contributed by atoms with Gasteiger partial charge in [0.1, 0.15) is 5.75 Å². The first-order valence-corrected chi connectivity index (χ1v) is 10.7. The zero-order valence-electron chi connectivity index (χ0n) is 16.9. The summed E-state index contributed by atoms with van der Waals surface area (Å²) < 4.78 is 8.73. The van der Waals surface area contributed by atoms with Gasteiger partial charge < -0.3 is 4.74 Å². The van der Waals surface area contributed by atoms with E-state index in [1.54, 1.807) is 16.4 Å². The number of tetrazole rings is 1. The van der Waals surface area contributed by atoms with Gasteiger partial charge in [0.15, 0.2) is 11.0 Å². The van der Waals surface area contributed by atoms with Crippen LogP contribution in [-0.2, 0) is 18.8 Å². The van der Waals surface area contributed by atoms with Crippen LogP contribution in [0.25, 0.3) is 10.9 Å². The fourth-order valence-electron chi connectivity index (χ4n) is 3.15. The topological polar surface area (TPSA) is 87.7 Å². The Morgan fingerprint density at radius 2 is 1.90 bits per heavy atom. The summed E-state index contributed by atoms with van der Waals surface area (Å²) >= 11 is 1.46. The quantitative estimate of drug-likeness (QED) is 0.318. The molecule has 154 valence electrons. The number of benzene rings is 2. The lowest BCUT2D eigenvalue weighted by Crippen LogP contribution is -2.24. The van der Waals surface area contributed by atoms with Crippen LogP contribution in [0.15, 0.2) is 58.5 Å². The van der Waals surface area contributed by atoms with E-state index in [2.05, 4.69) is 22.4 Å². The van der Waals surface area contributed by atoms with E-state index >= 15 is 0 Å². The zero-order valence-corrected chi connectivity index (χ0v) is 17.7. The molecule has 0 radical (unpaired) electrons. The van der Waals surface area contributed by atoms with Gasteiger partial charge in [-0.05, 0) is 46.7 Å². The van der Waals surface area contributed by atoms with E-state index in [4.69, 9.17) is 9.72 Å². The minimum Gasteiger partial charge on any atom is -0.497 e. The van der Waals surface area contributed by atoms with Crippen LogP contribution in [0.3, 0.4) is 0 Å². The predicted octanol–water partition coefficient (Wildman–Crippen LogP) is 3.14. The van der Waals surface area contributed by atoms with Crippen LogP contribution in [0.2, 0.25) is 0 Å². The Morgan fingerprint density at radius 1 is 1.10 bits per heavy atom. The van der Waals surface area contributed by atoms with Crippen molar-refractivity contribution in [2.24, 2.45) is 0 Å². The number of para-hydroxylation sites is 1. The average Bonchev–Trinajstić information content (AvgIpc) is 3.22. The molecule has 9 heteroatoms. The first kappa shape index (κ1) is 20.1. The zero-order chi connectivity index (χ0) is 20.9. The number of rotatable bonds is 8. The molecule has 0 amide bonds. The van der Waals surface area contributed by atoms with Crippen LogP contribution >= 0.6 is 11.8 Å². The number of ether oxygens (including phenoxy) is 1. The molecule has 0 unspecified atom stereocenters. The Morgan fingerprint density at radius 3 is 2.67 bits per heavy atom. The van der Waals surface area contributed by atoms with E-state index in [1.807, 2.05) is 48.5 Å².